The predicted octanol–water partition coefficient (Wildman–Crippen LogP) is -14.9. The van der Waals surface area contributed by atoms with Crippen LogP contribution in [0.4, 0.5) is 9.59 Å². The Morgan fingerprint density at radius 2 is 1.02 bits per heavy atom. The average Bonchev–Trinajstić information content (AvgIpc) is 1.46. The fraction of sp³-hybridized carbons (Fsp3) is 0.721. The van der Waals surface area contributed by atoms with E-state index in [1.165, 1.54) is 56.9 Å². The predicted molar refractivity (Wildman–Crippen MR) is 445 cm³/mol. The van der Waals surface area contributed by atoms with Crippen LogP contribution in [0, 0.1) is 46.3 Å². The van der Waals surface area contributed by atoms with Crippen LogP contribution in [0.15, 0.2) is 11.6 Å². The van der Waals surface area contributed by atoms with Gasteiger partial charge in [-0.1, -0.05) is 72.0 Å². The molecule has 0 bridgehead atoms. The third-order valence-electron chi connectivity index (χ3n) is 25.1. The zero-order chi connectivity index (χ0) is 94.5. The number of nitrogens with two attached hydrogens (primary N) is 1. The number of hydrogen-bond donors (Lipinski definition) is 8. The number of amides is 13. The second kappa shape index (κ2) is 61.4. The molecule has 6 fully saturated rings. The number of imide groups is 1. The summed E-state index contributed by atoms with van der Waals surface area (Å²) in [6.07, 6.45) is 15.3. The first kappa shape index (κ1) is 121. The SMILES string of the molecule is CC(C)CCC[C@@H](C)[C@H]1CC[C@H]2[C@@H]3CC=C4C[C@@H](OC(=O)NCCCCC(=O)ON5C(=O)CCC5=O)CC[C@]4(C)[C@H]3CC[C@]12C.NCC(=O)CCC(=O)N(CC(=O)[O-])CC(=O)CCC(=O)NCC(=O)N(CC(=O)[O-])CC(=O)NCCCC(=O)CN(CC(=O)[O-])C(=O)CCC(=O)CNC(=O)CN(CC(=O)[O-])C(=O)CNC(=O)CCC(=O)CCCC[C@H]1SC[C@H]2NC(=O)N[C@H]21.[Na+].[Na+].[Na+].[Na+]. The summed E-state index contributed by atoms with van der Waals surface area (Å²) in [4.78, 5) is 274. The van der Waals surface area contributed by atoms with E-state index in [1.807, 2.05) is 0 Å². The van der Waals surface area contributed by atoms with Crippen molar-refractivity contribution in [2.24, 2.45) is 52.1 Å². The van der Waals surface area contributed by atoms with Gasteiger partial charge in [0.15, 0.2) is 17.3 Å². The number of Topliss-reactive ketones (excluding diaryl/α,β-unsaturated/α-hetero) is 5. The molecule has 9 N–H and O–H groups in total. The number of fused-ring (bicyclic) bond motifs is 6. The largest absolute Gasteiger partial charge is 1.00 e. The second-order valence-electron chi connectivity index (χ2n) is 35.0. The monoisotopic (exact) mass is 1910 g/mol. The van der Waals surface area contributed by atoms with E-state index in [1.54, 1.807) is 11.8 Å². The summed E-state index contributed by atoms with van der Waals surface area (Å²) < 4.78 is 5.87. The number of nitrogens with one attached hydrogen (secondary N) is 7. The summed E-state index contributed by atoms with van der Waals surface area (Å²) in [5.74, 6) is -13.5. The molecule has 3 saturated heterocycles. The molecule has 11 atom stereocenters. The summed E-state index contributed by atoms with van der Waals surface area (Å²) in [7, 11) is 0. The van der Waals surface area contributed by atoms with Crippen LogP contribution in [0.5, 0.6) is 0 Å². The maximum absolute atomic E-state index is 12.9. The van der Waals surface area contributed by atoms with Crippen molar-refractivity contribution in [2.45, 2.75) is 251 Å². The van der Waals surface area contributed by atoms with E-state index in [0.29, 0.717) is 55.9 Å². The number of urea groups is 1. The number of ketones is 5. The zero-order valence-corrected chi connectivity index (χ0v) is 86.6. The Morgan fingerprint density at radius 1 is 0.508 bits per heavy atom. The minimum absolute atomic E-state index is 0. The van der Waals surface area contributed by atoms with E-state index >= 15 is 0 Å². The molecule has 13 amide bonds. The number of aliphatic carboxylic acids is 4. The molecule has 41 nitrogen and oxygen atoms in total. The van der Waals surface area contributed by atoms with Crippen molar-refractivity contribution in [3.8, 4) is 0 Å². The van der Waals surface area contributed by atoms with Crippen molar-refractivity contribution >= 4 is 142 Å². The molecule has 132 heavy (non-hydrogen) atoms. The molecule has 3 heterocycles. The van der Waals surface area contributed by atoms with Crippen molar-refractivity contribution in [1.29, 1.82) is 0 Å². The van der Waals surface area contributed by atoms with Crippen molar-refractivity contribution in [3.63, 3.8) is 0 Å². The van der Waals surface area contributed by atoms with E-state index in [2.05, 4.69) is 77.9 Å². The van der Waals surface area contributed by atoms with Gasteiger partial charge in [-0.25, -0.2) is 14.4 Å². The van der Waals surface area contributed by atoms with Gasteiger partial charge in [0.1, 0.15) is 17.7 Å². The molecule has 0 unspecified atom stereocenters. The summed E-state index contributed by atoms with van der Waals surface area (Å²) in [6.45, 7) is 2.23. The van der Waals surface area contributed by atoms with E-state index in [0.717, 1.165) is 73.4 Å². The molecule has 3 saturated carbocycles. The van der Waals surface area contributed by atoms with Gasteiger partial charge in [0.05, 0.1) is 114 Å². The van der Waals surface area contributed by atoms with Gasteiger partial charge in [-0.05, 0) is 123 Å². The fourth-order valence-corrected chi connectivity index (χ4v) is 19.9. The molecule has 7 aliphatic rings. The van der Waals surface area contributed by atoms with Crippen molar-refractivity contribution in [1.82, 2.24) is 61.9 Å². The van der Waals surface area contributed by atoms with Crippen LogP contribution in [-0.2, 0) is 105 Å². The number of hydroxylamine groups is 2. The Bertz CT molecular complexity index is 4100. The second-order valence-corrected chi connectivity index (χ2v) is 36.3. The first-order chi connectivity index (χ1) is 60.6. The molecule has 0 aromatic carbocycles. The molecule has 7 rings (SSSR count). The summed E-state index contributed by atoms with van der Waals surface area (Å²) in [5.41, 5.74) is 7.41. The number of rotatable bonds is 56. The van der Waals surface area contributed by atoms with Gasteiger partial charge < -0.3 is 112 Å². The number of unbranched alkanes of at least 4 members (excludes halogenated alkanes) is 2. The van der Waals surface area contributed by atoms with Crippen molar-refractivity contribution in [3.05, 3.63) is 11.6 Å². The maximum Gasteiger partial charge on any atom is 1.00 e. The quantitative estimate of drug-likeness (QED) is 0.00921. The van der Waals surface area contributed by atoms with Gasteiger partial charge in [-0.3, -0.25) is 71.9 Å². The minimum atomic E-state index is -1.80. The standard InChI is InChI=1S/C49H71N11O22S.C37H58N2O6.4Na/c50-16-30(62)9-13-40(70)58(25-45(76)77)21-33(65)8-12-37(67)54-18-42(72)59(26-46(78)79)22-38(68)51-15-3-5-32(64)20-57(24-44(74)75)41(71)14-10-31(63)17-52-39(69)23-60(27-47(80)81)43(73)19-53-36(66)11-7-29(61)4-1-2-6-35-48-34(28-83-35)55-49(82)56-48;1-24(2)9-8-10-25(3)29-14-15-30-28-13-12-26-23-27(18-20-36(26,4)31(28)19-21-37(29,30)5)44-35(43)38-22-7-6-11-34(42)45-39-32(40)16-17-33(39)41;;;;/h34-35,48H,1-28,50H2,(H,51,68)(H,52,69)(H,53,66)(H,54,67)(H,74,75)(H,76,77)(H,78,79)(H,80,81)(H2,55,56,82);12,24-25,27-31H,6-11,13-23H2,1-5H3,(H,38,43);;;;/q;;4*+1/p-4/t34-,35-,48-;25-,27+,28+,29-,30+,31+,36+,37-;;;;/m11..../s1. The van der Waals surface area contributed by atoms with Gasteiger partial charge in [0, 0.05) is 114 Å². The normalized spacial score (nSPS) is 21.2. The Kier molecular flexibility index (Phi) is 56.4. The Morgan fingerprint density at radius 3 is 1.58 bits per heavy atom. The van der Waals surface area contributed by atoms with Crippen molar-refractivity contribution < 1.29 is 254 Å². The number of thioether (sulfide) groups is 1. The fourth-order valence-electron chi connectivity index (χ4n) is 18.3. The van der Waals surface area contributed by atoms with Crippen LogP contribution >= 0.6 is 11.8 Å². The zero-order valence-electron chi connectivity index (χ0n) is 77.8. The van der Waals surface area contributed by atoms with Gasteiger partial charge in [0.25, 0.3) is 11.8 Å². The van der Waals surface area contributed by atoms with Crippen molar-refractivity contribution in [2.75, 3.05) is 97.4 Å². The van der Waals surface area contributed by atoms with E-state index < -0.39 is 222 Å². The van der Waals surface area contributed by atoms with Crippen LogP contribution in [-0.4, -0.2) is 275 Å². The smallest absolute Gasteiger partial charge is 0.548 e. The average molecular weight is 1910 g/mol. The Hall–Kier alpha value is -6.81. The molecule has 0 radical (unpaired) electrons. The molecule has 0 aromatic rings. The number of nitrogens with zero attached hydrogens (tertiary/aromatic N) is 5. The molecule has 3 aliphatic heterocycles. The number of carbonyl (C=O) groups excluding carboxylic acids is 22. The van der Waals surface area contributed by atoms with Gasteiger partial charge >= 0.3 is 136 Å². The molecule has 0 spiro atoms. The van der Waals surface area contributed by atoms with E-state index in [4.69, 9.17) is 15.3 Å². The molecule has 46 heteroatoms. The Balaban J connectivity index is 0.00000101. The summed E-state index contributed by atoms with van der Waals surface area (Å²) in [5, 5.41) is 63.4. The summed E-state index contributed by atoms with van der Waals surface area (Å²) in [6, 6.07) is -0.0714. The van der Waals surface area contributed by atoms with E-state index in [9.17, 15) is 126 Å². The number of hydrogen-bond acceptors (Lipinski definition) is 30. The maximum atomic E-state index is 12.9. The van der Waals surface area contributed by atoms with Crippen LogP contribution in [0.1, 0.15) is 227 Å². The molecular formula is C86H125N13Na4O28S. The third kappa shape index (κ3) is 41.6. The van der Waals surface area contributed by atoms with Gasteiger partial charge in [-0.15, -0.1) is 5.06 Å². The van der Waals surface area contributed by atoms with Gasteiger partial charge in [-0.2, -0.15) is 11.8 Å². The third-order valence-corrected chi connectivity index (χ3v) is 26.6. The molecule has 0 aromatic heterocycles. The van der Waals surface area contributed by atoms with Crippen LogP contribution in [0.3, 0.4) is 0 Å². The summed E-state index contributed by atoms with van der Waals surface area (Å²) >= 11 is 1.75. The molecular weight excluding hydrogens is 1790 g/mol. The first-order valence-corrected chi connectivity index (χ1v) is 45.3. The first-order valence-electron chi connectivity index (χ1n) is 44.2. The van der Waals surface area contributed by atoms with Crippen LogP contribution < -0.4 is 182 Å². The number of carboxylic acid groups (broad SMARTS) is 4. The number of carbonyl (C=O) groups is 22. The number of carboxylic acids is 4. The number of ether oxygens (including phenoxy) is 1. The van der Waals surface area contributed by atoms with Crippen LogP contribution in [0.25, 0.3) is 0 Å². The van der Waals surface area contributed by atoms with Crippen LogP contribution in [0.2, 0.25) is 0 Å². The molecule has 4 aliphatic carbocycles. The Labute approximate surface area is 861 Å². The minimum Gasteiger partial charge on any atom is -0.548 e. The number of allylic oxidation sites excluding steroid dienone is 1. The number of alkyl carbamates (subject to hydrolysis) is 1. The molecule has 712 valence electrons. The van der Waals surface area contributed by atoms with E-state index in [-0.39, 0.29) is 230 Å². The van der Waals surface area contributed by atoms with Gasteiger partial charge in [0.2, 0.25) is 47.3 Å². The topological polar surface area (TPSA) is 613 Å².